The van der Waals surface area contributed by atoms with Crippen molar-refractivity contribution in [2.75, 3.05) is 0 Å². The van der Waals surface area contributed by atoms with Crippen molar-refractivity contribution in [3.63, 3.8) is 0 Å². The Labute approximate surface area is 50.4 Å². The molecule has 0 bridgehead atoms. The van der Waals surface area contributed by atoms with Crippen LogP contribution in [-0.4, -0.2) is 4.62 Å². The minimum atomic E-state index is 0.840. The summed E-state index contributed by atoms with van der Waals surface area (Å²) < 4.78 is 0.840. The van der Waals surface area contributed by atoms with Crippen LogP contribution in [0, 0.1) is 0 Å². The van der Waals surface area contributed by atoms with E-state index >= 15 is 0 Å². The standard InChI is InChI=1S/C4H4BrN2/c1-3-2-6-7-4(3)5/h2H,1H3. The quantitative estimate of drug-likeness (QED) is 0.509. The summed E-state index contributed by atoms with van der Waals surface area (Å²) in [5.74, 6) is 0. The van der Waals surface area contributed by atoms with Gasteiger partial charge in [-0.1, -0.05) is 0 Å². The second-order valence-electron chi connectivity index (χ2n) is 1.32. The Balaban J connectivity index is 2.78. The van der Waals surface area contributed by atoms with E-state index in [1.54, 1.807) is 6.20 Å². The van der Waals surface area contributed by atoms with Gasteiger partial charge in [-0.15, -0.1) is 5.10 Å². The number of hydrogen-bond acceptors (Lipinski definition) is 1. The van der Waals surface area contributed by atoms with Crippen molar-refractivity contribution in [1.29, 1.82) is 0 Å². The van der Waals surface area contributed by atoms with Crippen LogP contribution in [0.5, 0.6) is 0 Å². The van der Waals surface area contributed by atoms with Gasteiger partial charge in [0.05, 0.1) is 6.20 Å². The Morgan fingerprint density at radius 3 is 2.57 bits per heavy atom. The predicted molar refractivity (Wildman–Crippen MR) is 32.3 cm³/mol. The first kappa shape index (κ1) is 4.84. The minimum absolute atomic E-state index is 0.840. The summed E-state index contributed by atoms with van der Waals surface area (Å²) in [7, 11) is 0. The number of allylic oxidation sites excluding steroid dienone is 1. The van der Waals surface area contributed by atoms with Crippen molar-refractivity contribution >= 4 is 20.6 Å². The Hall–Kier alpha value is -0.310. The summed E-state index contributed by atoms with van der Waals surface area (Å²) in [5.41, 5.74) is 4.71. The van der Waals surface area contributed by atoms with E-state index in [0.29, 0.717) is 0 Å². The lowest BCUT2D eigenvalue weighted by molar-refractivity contribution is 0.973. The average molecular weight is 160 g/mol. The highest BCUT2D eigenvalue weighted by molar-refractivity contribution is 9.18. The summed E-state index contributed by atoms with van der Waals surface area (Å²) >= 11 is 3.19. The monoisotopic (exact) mass is 159 g/mol. The van der Waals surface area contributed by atoms with E-state index < -0.39 is 0 Å². The molecule has 2 nitrogen and oxygen atoms in total. The molecule has 0 amide bonds. The maximum absolute atomic E-state index is 3.68. The molecular formula is C4H4BrN2. The summed E-state index contributed by atoms with van der Waals surface area (Å²) in [4.78, 5) is 0. The first-order valence-electron chi connectivity index (χ1n) is 1.91. The fraction of sp³-hybridized carbons (Fsp3) is 0.250. The van der Waals surface area contributed by atoms with Crippen LogP contribution in [0.1, 0.15) is 6.92 Å². The zero-order valence-corrected chi connectivity index (χ0v) is 5.44. The SMILES string of the molecule is CC1=C[N]N=C1Br. The molecule has 0 saturated carbocycles. The van der Waals surface area contributed by atoms with E-state index in [4.69, 9.17) is 0 Å². The van der Waals surface area contributed by atoms with Gasteiger partial charge >= 0.3 is 0 Å². The Kier molecular flexibility index (Phi) is 1.15. The molecule has 7 heavy (non-hydrogen) atoms. The van der Waals surface area contributed by atoms with Crippen LogP contribution in [0.2, 0.25) is 0 Å². The second-order valence-corrected chi connectivity index (χ2v) is 2.07. The Morgan fingerprint density at radius 1 is 1.71 bits per heavy atom. The molecule has 1 heterocycles. The first-order chi connectivity index (χ1) is 3.30. The van der Waals surface area contributed by atoms with E-state index in [2.05, 4.69) is 26.5 Å². The molecule has 0 unspecified atom stereocenters. The molecule has 0 aromatic carbocycles. The molecule has 0 fully saturated rings. The van der Waals surface area contributed by atoms with Crippen LogP contribution >= 0.6 is 15.9 Å². The molecule has 1 aliphatic rings. The molecule has 0 aromatic heterocycles. The topological polar surface area (TPSA) is 26.5 Å². The van der Waals surface area contributed by atoms with Crippen molar-refractivity contribution < 1.29 is 0 Å². The Bertz CT molecular complexity index is 121. The van der Waals surface area contributed by atoms with Crippen molar-refractivity contribution in [3.8, 4) is 0 Å². The normalized spacial score (nSPS) is 18.0. The molecule has 0 aliphatic carbocycles. The highest BCUT2D eigenvalue weighted by atomic mass is 79.9. The fourth-order valence-electron chi connectivity index (χ4n) is 0.298. The van der Waals surface area contributed by atoms with E-state index in [9.17, 15) is 0 Å². The molecule has 3 heteroatoms. The lowest BCUT2D eigenvalue weighted by Gasteiger charge is -1.79. The van der Waals surface area contributed by atoms with E-state index in [0.717, 1.165) is 10.2 Å². The molecule has 1 radical (unpaired) electrons. The van der Waals surface area contributed by atoms with E-state index in [1.807, 2.05) is 6.92 Å². The van der Waals surface area contributed by atoms with Crippen LogP contribution in [0.3, 0.4) is 0 Å². The molecule has 37 valence electrons. The molecule has 0 saturated heterocycles. The van der Waals surface area contributed by atoms with Gasteiger partial charge in [0.2, 0.25) is 0 Å². The lowest BCUT2D eigenvalue weighted by Crippen LogP contribution is -1.78. The van der Waals surface area contributed by atoms with Gasteiger partial charge in [0, 0.05) is 5.57 Å². The first-order valence-corrected chi connectivity index (χ1v) is 2.70. The zero-order chi connectivity index (χ0) is 5.28. The maximum Gasteiger partial charge on any atom is 0.133 e. The van der Waals surface area contributed by atoms with Crippen LogP contribution in [0.15, 0.2) is 16.9 Å². The lowest BCUT2D eigenvalue weighted by atomic mass is 10.4. The van der Waals surface area contributed by atoms with Crippen LogP contribution in [0.25, 0.3) is 0 Å². The van der Waals surface area contributed by atoms with E-state index in [1.165, 1.54) is 0 Å². The second kappa shape index (κ2) is 1.66. The number of nitrogens with zero attached hydrogens (tertiary/aromatic N) is 2. The molecule has 1 rings (SSSR count). The van der Waals surface area contributed by atoms with E-state index in [-0.39, 0.29) is 0 Å². The molecule has 1 aliphatic heterocycles. The third kappa shape index (κ3) is 0.825. The number of halogens is 1. The van der Waals surface area contributed by atoms with Gasteiger partial charge in [-0.2, -0.15) is 5.43 Å². The Morgan fingerprint density at radius 2 is 2.43 bits per heavy atom. The number of hydrogen-bond donors (Lipinski definition) is 0. The van der Waals surface area contributed by atoms with Crippen LogP contribution < -0.4 is 5.43 Å². The summed E-state index contributed by atoms with van der Waals surface area (Å²) in [6.45, 7) is 1.95. The third-order valence-corrected chi connectivity index (χ3v) is 1.51. The molecule has 0 N–H and O–H groups in total. The van der Waals surface area contributed by atoms with Gasteiger partial charge in [0.15, 0.2) is 0 Å². The maximum atomic E-state index is 3.68. The van der Waals surface area contributed by atoms with Gasteiger partial charge in [-0.05, 0) is 22.9 Å². The smallest absolute Gasteiger partial charge is 0.133 e. The molecular weight excluding hydrogens is 156 g/mol. The van der Waals surface area contributed by atoms with Crippen molar-refractivity contribution in [1.82, 2.24) is 5.43 Å². The molecule has 0 spiro atoms. The van der Waals surface area contributed by atoms with Gasteiger partial charge < -0.3 is 0 Å². The van der Waals surface area contributed by atoms with Crippen molar-refractivity contribution in [2.45, 2.75) is 6.92 Å². The third-order valence-electron chi connectivity index (χ3n) is 0.722. The minimum Gasteiger partial charge on any atom is -0.158 e. The highest BCUT2D eigenvalue weighted by Gasteiger charge is 2.01. The van der Waals surface area contributed by atoms with Crippen LogP contribution in [-0.2, 0) is 0 Å². The van der Waals surface area contributed by atoms with Crippen molar-refractivity contribution in [2.24, 2.45) is 5.10 Å². The average Bonchev–Trinajstić information content (AvgIpc) is 1.91. The summed E-state index contributed by atoms with van der Waals surface area (Å²) in [5, 5.41) is 3.68. The highest BCUT2D eigenvalue weighted by Crippen LogP contribution is 2.07. The fourth-order valence-corrected chi connectivity index (χ4v) is 0.492. The van der Waals surface area contributed by atoms with Crippen LogP contribution in [0.4, 0.5) is 0 Å². The number of rotatable bonds is 0. The zero-order valence-electron chi connectivity index (χ0n) is 3.85. The predicted octanol–water partition coefficient (Wildman–Crippen LogP) is 1.22. The molecule has 0 atom stereocenters. The van der Waals surface area contributed by atoms with Gasteiger partial charge in [0.1, 0.15) is 4.62 Å². The van der Waals surface area contributed by atoms with Gasteiger partial charge in [0.25, 0.3) is 0 Å². The molecule has 0 aromatic rings. The van der Waals surface area contributed by atoms with Gasteiger partial charge in [-0.25, -0.2) is 0 Å². The largest absolute Gasteiger partial charge is 0.158 e. The van der Waals surface area contributed by atoms with Gasteiger partial charge in [-0.3, -0.25) is 0 Å². The van der Waals surface area contributed by atoms with Crippen molar-refractivity contribution in [3.05, 3.63) is 11.8 Å². The summed E-state index contributed by atoms with van der Waals surface area (Å²) in [6, 6.07) is 0. The summed E-state index contributed by atoms with van der Waals surface area (Å²) in [6.07, 6.45) is 1.71.